The van der Waals surface area contributed by atoms with Gasteiger partial charge >= 0.3 is 0 Å². The predicted octanol–water partition coefficient (Wildman–Crippen LogP) is 3.53. The van der Waals surface area contributed by atoms with Crippen LogP contribution in [0.25, 0.3) is 0 Å². The smallest absolute Gasteiger partial charge is 0.282 e. The van der Waals surface area contributed by atoms with Crippen LogP contribution in [0.15, 0.2) is 53.4 Å². The van der Waals surface area contributed by atoms with Gasteiger partial charge in [0.15, 0.2) is 0 Å². The Morgan fingerprint density at radius 2 is 2.04 bits per heavy atom. The van der Waals surface area contributed by atoms with Gasteiger partial charge in [-0.25, -0.2) is 0 Å². The van der Waals surface area contributed by atoms with Crippen molar-refractivity contribution >= 4 is 23.4 Å². The van der Waals surface area contributed by atoms with Gasteiger partial charge in [-0.2, -0.15) is 0 Å². The van der Waals surface area contributed by atoms with Gasteiger partial charge in [0.05, 0.1) is 18.1 Å². The molecular weight excluding hydrogens is 340 g/mol. The second-order valence-electron chi connectivity index (χ2n) is 5.66. The number of amides is 1. The molecule has 1 fully saturated rings. The van der Waals surface area contributed by atoms with E-state index in [0.29, 0.717) is 19.7 Å². The van der Waals surface area contributed by atoms with Gasteiger partial charge in [0.2, 0.25) is 0 Å². The average molecular weight is 358 g/mol. The third-order valence-electron chi connectivity index (χ3n) is 4.16. The molecular formula is C18H18N2O4S. The molecule has 25 heavy (non-hydrogen) atoms. The molecule has 1 unspecified atom stereocenters. The van der Waals surface area contributed by atoms with Gasteiger partial charge in [0.25, 0.3) is 11.6 Å². The molecule has 0 N–H and O–H groups in total. The standard InChI is InChI=1S/C18H18N2O4S/c1-25-14-7-8-16(20(22)23)15(11-14)18(21)19-9-10-24-17(12-19)13-5-3-2-4-6-13/h2-8,11,17H,9-10,12H2,1H3. The molecule has 1 atom stereocenters. The first kappa shape index (κ1) is 17.4. The van der Waals surface area contributed by atoms with Crippen molar-refractivity contribution in [3.05, 3.63) is 69.8 Å². The van der Waals surface area contributed by atoms with Gasteiger partial charge < -0.3 is 9.64 Å². The molecule has 0 aliphatic carbocycles. The number of rotatable bonds is 4. The summed E-state index contributed by atoms with van der Waals surface area (Å²) in [4.78, 5) is 26.2. The number of carbonyl (C=O) groups is 1. The highest BCUT2D eigenvalue weighted by molar-refractivity contribution is 7.98. The minimum Gasteiger partial charge on any atom is -0.370 e. The molecule has 1 amide bonds. The number of nitro groups is 1. The van der Waals surface area contributed by atoms with Crippen molar-refractivity contribution in [3.8, 4) is 0 Å². The zero-order valence-corrected chi connectivity index (χ0v) is 14.6. The Kier molecular flexibility index (Phi) is 5.35. The molecule has 6 nitrogen and oxygen atoms in total. The highest BCUT2D eigenvalue weighted by Gasteiger charge is 2.30. The summed E-state index contributed by atoms with van der Waals surface area (Å²) in [5, 5.41) is 11.3. The molecule has 1 aliphatic rings. The van der Waals surface area contributed by atoms with Crippen molar-refractivity contribution in [3.63, 3.8) is 0 Å². The van der Waals surface area contributed by atoms with Crippen LogP contribution in [0.4, 0.5) is 5.69 Å². The monoisotopic (exact) mass is 358 g/mol. The Bertz CT molecular complexity index is 782. The molecule has 0 aromatic heterocycles. The second kappa shape index (κ2) is 7.67. The zero-order valence-electron chi connectivity index (χ0n) is 13.8. The molecule has 1 heterocycles. The number of ether oxygens (including phenoxy) is 1. The Morgan fingerprint density at radius 3 is 2.72 bits per heavy atom. The Morgan fingerprint density at radius 1 is 1.28 bits per heavy atom. The van der Waals surface area contributed by atoms with Crippen molar-refractivity contribution in [2.45, 2.75) is 11.0 Å². The van der Waals surface area contributed by atoms with Crippen molar-refractivity contribution in [1.29, 1.82) is 0 Å². The summed E-state index contributed by atoms with van der Waals surface area (Å²) in [6.45, 7) is 1.20. The summed E-state index contributed by atoms with van der Waals surface area (Å²) in [7, 11) is 0. The molecule has 3 rings (SSSR count). The van der Waals surface area contributed by atoms with E-state index in [1.54, 1.807) is 17.0 Å². The Balaban J connectivity index is 1.86. The maximum Gasteiger partial charge on any atom is 0.282 e. The van der Waals surface area contributed by atoms with E-state index < -0.39 is 4.92 Å². The first-order valence-electron chi connectivity index (χ1n) is 7.88. The van der Waals surface area contributed by atoms with E-state index in [4.69, 9.17) is 4.74 Å². The highest BCUT2D eigenvalue weighted by Crippen LogP contribution is 2.28. The van der Waals surface area contributed by atoms with Gasteiger partial charge in [-0.15, -0.1) is 11.8 Å². The van der Waals surface area contributed by atoms with Crippen LogP contribution in [-0.4, -0.2) is 41.7 Å². The quantitative estimate of drug-likeness (QED) is 0.475. The number of carbonyl (C=O) groups excluding carboxylic acids is 1. The summed E-state index contributed by atoms with van der Waals surface area (Å²) in [6.07, 6.45) is 1.65. The highest BCUT2D eigenvalue weighted by atomic mass is 32.2. The van der Waals surface area contributed by atoms with E-state index in [2.05, 4.69) is 0 Å². The van der Waals surface area contributed by atoms with Gasteiger partial charge in [0, 0.05) is 17.5 Å². The summed E-state index contributed by atoms with van der Waals surface area (Å²) < 4.78 is 5.77. The average Bonchev–Trinajstić information content (AvgIpc) is 2.67. The van der Waals surface area contributed by atoms with Crippen LogP contribution < -0.4 is 0 Å². The summed E-state index contributed by atoms with van der Waals surface area (Å²) in [5.41, 5.74) is 0.962. The lowest BCUT2D eigenvalue weighted by atomic mass is 10.1. The molecule has 2 aromatic rings. The largest absolute Gasteiger partial charge is 0.370 e. The predicted molar refractivity (Wildman–Crippen MR) is 95.9 cm³/mol. The van der Waals surface area contributed by atoms with Crippen LogP contribution in [0, 0.1) is 10.1 Å². The van der Waals surface area contributed by atoms with Gasteiger partial charge in [-0.3, -0.25) is 14.9 Å². The van der Waals surface area contributed by atoms with Crippen LogP contribution in [0.3, 0.4) is 0 Å². The van der Waals surface area contributed by atoms with Crippen molar-refractivity contribution < 1.29 is 14.5 Å². The number of nitro benzene ring substituents is 1. The summed E-state index contributed by atoms with van der Waals surface area (Å²) >= 11 is 1.45. The molecule has 1 aliphatic heterocycles. The first-order chi connectivity index (χ1) is 12.1. The molecule has 2 aromatic carbocycles. The topological polar surface area (TPSA) is 72.7 Å². The summed E-state index contributed by atoms with van der Waals surface area (Å²) in [5.74, 6) is -0.327. The fourth-order valence-electron chi connectivity index (χ4n) is 2.85. The van der Waals surface area contributed by atoms with Crippen molar-refractivity contribution in [1.82, 2.24) is 4.90 Å². The maximum absolute atomic E-state index is 12.9. The Hall–Kier alpha value is -2.38. The van der Waals surface area contributed by atoms with Crippen molar-refractivity contribution in [2.24, 2.45) is 0 Å². The van der Waals surface area contributed by atoms with E-state index >= 15 is 0 Å². The number of nitrogens with zero attached hydrogens (tertiary/aromatic N) is 2. The zero-order chi connectivity index (χ0) is 17.8. The van der Waals surface area contributed by atoms with E-state index in [9.17, 15) is 14.9 Å². The van der Waals surface area contributed by atoms with Gasteiger partial charge in [0.1, 0.15) is 11.7 Å². The lowest BCUT2D eigenvalue weighted by molar-refractivity contribution is -0.385. The minimum atomic E-state index is -0.507. The van der Waals surface area contributed by atoms with Crippen LogP contribution >= 0.6 is 11.8 Å². The van der Waals surface area contributed by atoms with Crippen LogP contribution in [0.5, 0.6) is 0 Å². The first-order valence-corrected chi connectivity index (χ1v) is 9.11. The number of benzene rings is 2. The van der Waals surface area contributed by atoms with E-state index in [1.807, 2.05) is 36.6 Å². The molecule has 130 valence electrons. The number of morpholine rings is 1. The molecule has 0 radical (unpaired) electrons. The van der Waals surface area contributed by atoms with Crippen LogP contribution in [0.1, 0.15) is 22.0 Å². The number of hydrogen-bond acceptors (Lipinski definition) is 5. The molecule has 1 saturated heterocycles. The SMILES string of the molecule is CSc1ccc([N+](=O)[O-])c(C(=O)N2CCOC(c3ccccc3)C2)c1. The number of hydrogen-bond donors (Lipinski definition) is 0. The van der Waals surface area contributed by atoms with E-state index in [0.717, 1.165) is 10.5 Å². The third kappa shape index (κ3) is 3.83. The fourth-order valence-corrected chi connectivity index (χ4v) is 3.29. The molecule has 0 bridgehead atoms. The molecule has 0 saturated carbocycles. The van der Waals surface area contributed by atoms with E-state index in [-0.39, 0.29) is 23.3 Å². The van der Waals surface area contributed by atoms with Crippen LogP contribution in [0.2, 0.25) is 0 Å². The van der Waals surface area contributed by atoms with Crippen molar-refractivity contribution in [2.75, 3.05) is 26.0 Å². The maximum atomic E-state index is 12.9. The fraction of sp³-hybridized carbons (Fsp3) is 0.278. The van der Waals surface area contributed by atoms with Crippen LogP contribution in [-0.2, 0) is 4.74 Å². The second-order valence-corrected chi connectivity index (χ2v) is 6.54. The minimum absolute atomic E-state index is 0.130. The lowest BCUT2D eigenvalue weighted by Gasteiger charge is -2.33. The lowest BCUT2D eigenvalue weighted by Crippen LogP contribution is -2.42. The third-order valence-corrected chi connectivity index (χ3v) is 4.88. The van der Waals surface area contributed by atoms with E-state index in [1.165, 1.54) is 17.8 Å². The van der Waals surface area contributed by atoms with Gasteiger partial charge in [-0.1, -0.05) is 30.3 Å². The normalized spacial score (nSPS) is 17.3. The number of thioether (sulfide) groups is 1. The molecule has 0 spiro atoms. The van der Waals surface area contributed by atoms with Gasteiger partial charge in [-0.05, 0) is 24.0 Å². The Labute approximate surface area is 149 Å². The summed E-state index contributed by atoms with van der Waals surface area (Å²) in [6, 6.07) is 14.3. The molecule has 7 heteroatoms.